The number of hydrogen-bond acceptors (Lipinski definition) is 2. The van der Waals surface area contributed by atoms with Crippen LogP contribution >= 0.6 is 0 Å². The van der Waals surface area contributed by atoms with Crippen LogP contribution in [-0.2, 0) is 4.79 Å². The van der Waals surface area contributed by atoms with E-state index in [9.17, 15) is 4.79 Å². The van der Waals surface area contributed by atoms with E-state index < -0.39 is 0 Å². The second kappa shape index (κ2) is 2.80. The van der Waals surface area contributed by atoms with Gasteiger partial charge in [-0.1, -0.05) is 18.2 Å². The predicted molar refractivity (Wildman–Crippen MR) is 34.2 cm³/mol. The van der Waals surface area contributed by atoms with Crippen LogP contribution in [0.15, 0.2) is 35.3 Å². The smallest absolute Gasteiger partial charge is 0.211 e. The fraction of sp³-hybridized carbons (Fsp3) is 0. The van der Waals surface area contributed by atoms with E-state index in [0.29, 0.717) is 11.7 Å². The third kappa shape index (κ3) is 1.52. The molecule has 0 fully saturated rings. The number of nitrogens with zero attached hydrogens (tertiary/aromatic N) is 1. The van der Waals surface area contributed by atoms with Crippen molar-refractivity contribution in [3.05, 3.63) is 30.3 Å². The van der Waals surface area contributed by atoms with Gasteiger partial charge in [0.05, 0.1) is 7.06 Å². The molecule has 0 aliphatic rings. The lowest BCUT2D eigenvalue weighted by molar-refractivity contribution is 0.565. The summed E-state index contributed by atoms with van der Waals surface area (Å²) >= 11 is 0. The van der Waals surface area contributed by atoms with Crippen LogP contribution < -0.4 is 0 Å². The molecule has 0 atom stereocenters. The van der Waals surface area contributed by atoms with Crippen LogP contribution in [-0.4, -0.2) is 6.08 Å². The Morgan fingerprint density at radius 3 is 3.11 bits per heavy atom. The first-order valence-electron chi connectivity index (χ1n) is 2.97. The van der Waals surface area contributed by atoms with Gasteiger partial charge >= 0.3 is 0 Å². The third-order valence-corrected chi connectivity index (χ3v) is 0.865. The second-order valence-electron chi connectivity index (χ2n) is 1.46. The van der Waals surface area contributed by atoms with Gasteiger partial charge in [0.25, 0.3) is 0 Å². The zero-order chi connectivity index (χ0) is 7.40. The first-order valence-corrected chi connectivity index (χ1v) is 2.47. The van der Waals surface area contributed by atoms with Crippen molar-refractivity contribution in [3.63, 3.8) is 0 Å². The SMILES string of the molecule is [2H]c1cccc(N=C=O)c1. The van der Waals surface area contributed by atoms with Crippen LogP contribution in [0.3, 0.4) is 0 Å². The molecule has 0 N–H and O–H groups in total. The second-order valence-corrected chi connectivity index (χ2v) is 1.46. The molecular formula is C7H5NO. The van der Waals surface area contributed by atoms with E-state index in [-0.39, 0.29) is 0 Å². The Kier molecular flexibility index (Phi) is 1.39. The van der Waals surface area contributed by atoms with Crippen molar-refractivity contribution in [2.45, 2.75) is 0 Å². The predicted octanol–water partition coefficient (Wildman–Crippen LogP) is 1.65. The van der Waals surface area contributed by atoms with Crippen molar-refractivity contribution in [1.29, 1.82) is 0 Å². The topological polar surface area (TPSA) is 29.4 Å². The summed E-state index contributed by atoms with van der Waals surface area (Å²) in [4.78, 5) is 13.1. The van der Waals surface area contributed by atoms with E-state index in [4.69, 9.17) is 1.37 Å². The molecule has 0 saturated carbocycles. The van der Waals surface area contributed by atoms with Crippen molar-refractivity contribution in [2.24, 2.45) is 4.99 Å². The minimum absolute atomic E-state index is 0.344. The Morgan fingerprint density at radius 2 is 2.44 bits per heavy atom. The lowest BCUT2D eigenvalue weighted by Crippen LogP contribution is -1.59. The van der Waals surface area contributed by atoms with Crippen molar-refractivity contribution in [1.82, 2.24) is 0 Å². The number of rotatable bonds is 1. The van der Waals surface area contributed by atoms with Gasteiger partial charge < -0.3 is 0 Å². The van der Waals surface area contributed by atoms with Crippen molar-refractivity contribution < 1.29 is 6.17 Å². The summed E-state index contributed by atoms with van der Waals surface area (Å²) in [6.45, 7) is 0. The number of hydrogen-bond donors (Lipinski definition) is 0. The van der Waals surface area contributed by atoms with Crippen LogP contribution in [0.1, 0.15) is 1.37 Å². The van der Waals surface area contributed by atoms with Gasteiger partial charge in [0.15, 0.2) is 0 Å². The molecule has 0 saturated heterocycles. The molecule has 0 aliphatic carbocycles. The van der Waals surface area contributed by atoms with Crippen molar-refractivity contribution in [2.75, 3.05) is 0 Å². The highest BCUT2D eigenvalue weighted by Gasteiger charge is 1.79. The van der Waals surface area contributed by atoms with Gasteiger partial charge in [0.1, 0.15) is 0 Å². The molecule has 1 rings (SSSR count). The summed E-state index contributed by atoms with van der Waals surface area (Å²) < 4.78 is 7.12. The van der Waals surface area contributed by atoms with Gasteiger partial charge in [-0.2, -0.15) is 4.99 Å². The first kappa shape index (κ1) is 4.48. The summed E-state index contributed by atoms with van der Waals surface area (Å²) in [7, 11) is 0. The Hall–Kier alpha value is -1.40. The number of benzene rings is 1. The summed E-state index contributed by atoms with van der Waals surface area (Å²) in [5.74, 6) is 0. The molecule has 0 aliphatic heterocycles. The Bertz CT molecular complexity index is 279. The molecule has 44 valence electrons. The third-order valence-electron chi connectivity index (χ3n) is 0.865. The van der Waals surface area contributed by atoms with E-state index in [1.54, 1.807) is 18.2 Å². The van der Waals surface area contributed by atoms with Crippen LogP contribution in [0.25, 0.3) is 0 Å². The van der Waals surface area contributed by atoms with Crippen molar-refractivity contribution >= 4 is 11.8 Å². The number of para-hydroxylation sites is 1. The van der Waals surface area contributed by atoms with Crippen LogP contribution in [0.5, 0.6) is 0 Å². The van der Waals surface area contributed by atoms with Crippen molar-refractivity contribution in [3.8, 4) is 0 Å². The molecule has 1 aromatic carbocycles. The maximum atomic E-state index is 9.73. The fourth-order valence-corrected chi connectivity index (χ4v) is 0.506. The fourth-order valence-electron chi connectivity index (χ4n) is 0.506. The highest BCUT2D eigenvalue weighted by molar-refractivity contribution is 5.47. The van der Waals surface area contributed by atoms with Gasteiger partial charge in [-0.15, -0.1) is 0 Å². The average Bonchev–Trinajstić information content (AvgIpc) is 1.88. The first-order chi connectivity index (χ1) is 4.83. The van der Waals surface area contributed by atoms with Crippen LogP contribution in [0.2, 0.25) is 0 Å². The standard InChI is InChI=1S/C7H5NO/c9-6-8-7-4-2-1-3-5-7/h1-5H/i2D. The monoisotopic (exact) mass is 120 g/mol. The van der Waals surface area contributed by atoms with E-state index in [0.717, 1.165) is 0 Å². The minimum atomic E-state index is 0.344. The highest BCUT2D eigenvalue weighted by Crippen LogP contribution is 2.06. The molecule has 1 aromatic rings. The number of carbonyl (C=O) groups excluding carboxylic acids is 1. The van der Waals surface area contributed by atoms with Gasteiger partial charge in [-0.05, 0) is 12.1 Å². The molecule has 0 bridgehead atoms. The number of aliphatic imine (C=N–C) groups is 1. The van der Waals surface area contributed by atoms with Gasteiger partial charge in [0.2, 0.25) is 6.08 Å². The normalized spacial score (nSPS) is 9.56. The van der Waals surface area contributed by atoms with Gasteiger partial charge in [0, 0.05) is 0 Å². The lowest BCUT2D eigenvalue weighted by Gasteiger charge is -1.83. The number of isocyanates is 1. The molecule has 0 radical (unpaired) electrons. The summed E-state index contributed by atoms with van der Waals surface area (Å²) in [6.07, 6.45) is 1.40. The molecule has 9 heavy (non-hydrogen) atoms. The summed E-state index contributed by atoms with van der Waals surface area (Å²) in [5.41, 5.74) is 0.475. The molecule has 2 heteroatoms. The lowest BCUT2D eigenvalue weighted by atomic mass is 10.3. The molecule has 0 heterocycles. The van der Waals surface area contributed by atoms with Gasteiger partial charge in [-0.3, -0.25) is 0 Å². The highest BCUT2D eigenvalue weighted by atomic mass is 16.1. The van der Waals surface area contributed by atoms with E-state index in [1.807, 2.05) is 0 Å². The average molecular weight is 120 g/mol. The molecule has 0 spiro atoms. The summed E-state index contributed by atoms with van der Waals surface area (Å²) in [6, 6.07) is 6.76. The molecule has 0 aromatic heterocycles. The largest absolute Gasteiger partial charge is 0.240 e. The molecule has 2 nitrogen and oxygen atoms in total. The van der Waals surface area contributed by atoms with E-state index in [2.05, 4.69) is 4.99 Å². The van der Waals surface area contributed by atoms with Crippen LogP contribution in [0, 0.1) is 0 Å². The van der Waals surface area contributed by atoms with Crippen LogP contribution in [0.4, 0.5) is 5.69 Å². The quantitative estimate of drug-likeness (QED) is 0.409. The minimum Gasteiger partial charge on any atom is -0.211 e. The maximum Gasteiger partial charge on any atom is 0.240 e. The Labute approximate surface area is 54.3 Å². The Morgan fingerprint density at radius 1 is 1.56 bits per heavy atom. The zero-order valence-electron chi connectivity index (χ0n) is 5.66. The zero-order valence-corrected chi connectivity index (χ0v) is 4.66. The molecule has 0 amide bonds. The van der Waals surface area contributed by atoms with E-state index in [1.165, 1.54) is 12.1 Å². The summed E-state index contributed by atoms with van der Waals surface area (Å²) in [5, 5.41) is 0. The van der Waals surface area contributed by atoms with E-state index >= 15 is 0 Å². The Balaban J connectivity index is 3.06. The molecular weight excluding hydrogens is 114 g/mol. The molecule has 0 unspecified atom stereocenters. The maximum absolute atomic E-state index is 9.73. The van der Waals surface area contributed by atoms with Gasteiger partial charge in [-0.25, -0.2) is 4.79 Å².